The largest absolute Gasteiger partial charge is 0.368 e. The second-order valence-electron chi connectivity index (χ2n) is 6.18. The minimum Gasteiger partial charge on any atom is -0.368 e. The standard InChI is InChI=1S/C16H23ClN6.2ClH/c1-11(10-12-2-4-13(17)5-3-12)19-14-6-8-23(9-7-14)16-20-15(18)21-22-16;;/h2-5,11,14,19H,6-10H2,1H3,(H3,18,20,21,22);2*1H. The van der Waals surface area contributed by atoms with Gasteiger partial charge in [-0.3, -0.25) is 0 Å². The fourth-order valence-electron chi connectivity index (χ4n) is 3.09. The summed E-state index contributed by atoms with van der Waals surface area (Å²) in [6, 6.07) is 9.06. The van der Waals surface area contributed by atoms with Gasteiger partial charge in [0.1, 0.15) is 0 Å². The minimum absolute atomic E-state index is 0. The molecule has 3 rings (SSSR count). The van der Waals surface area contributed by atoms with Crippen LogP contribution in [0, 0.1) is 0 Å². The van der Waals surface area contributed by atoms with Gasteiger partial charge in [0, 0.05) is 30.2 Å². The van der Waals surface area contributed by atoms with Crippen LogP contribution in [-0.4, -0.2) is 40.4 Å². The lowest BCUT2D eigenvalue weighted by atomic mass is 10.0. The van der Waals surface area contributed by atoms with E-state index in [0.717, 1.165) is 37.4 Å². The Labute approximate surface area is 165 Å². The summed E-state index contributed by atoms with van der Waals surface area (Å²) < 4.78 is 0. The number of H-pyrrole nitrogens is 1. The number of benzene rings is 1. The second-order valence-corrected chi connectivity index (χ2v) is 6.62. The lowest BCUT2D eigenvalue weighted by Crippen LogP contribution is -2.46. The quantitative estimate of drug-likeness (QED) is 0.709. The van der Waals surface area contributed by atoms with Crippen LogP contribution < -0.4 is 16.0 Å². The van der Waals surface area contributed by atoms with E-state index in [2.05, 4.69) is 44.5 Å². The van der Waals surface area contributed by atoms with Gasteiger partial charge in [-0.25, -0.2) is 5.10 Å². The monoisotopic (exact) mass is 406 g/mol. The lowest BCUT2D eigenvalue weighted by Gasteiger charge is -2.33. The van der Waals surface area contributed by atoms with Crippen molar-refractivity contribution in [1.29, 1.82) is 0 Å². The smallest absolute Gasteiger partial charge is 0.246 e. The molecule has 0 spiro atoms. The van der Waals surface area contributed by atoms with E-state index < -0.39 is 0 Å². The number of aromatic nitrogens is 3. The van der Waals surface area contributed by atoms with E-state index in [1.807, 2.05) is 12.1 Å². The Hall–Kier alpha value is -1.21. The molecule has 2 aromatic rings. The first-order valence-corrected chi connectivity index (χ1v) is 8.41. The summed E-state index contributed by atoms with van der Waals surface area (Å²) in [5, 5.41) is 11.3. The molecule has 1 aliphatic heterocycles. The first kappa shape index (κ1) is 21.8. The van der Waals surface area contributed by atoms with Gasteiger partial charge in [0.25, 0.3) is 0 Å². The molecule has 9 heteroatoms. The SMILES string of the molecule is CC(Cc1ccc(Cl)cc1)NC1CCN(c2n[nH]c(N)n2)CC1.Cl.Cl. The predicted molar refractivity (Wildman–Crippen MR) is 108 cm³/mol. The molecule has 1 aliphatic rings. The average Bonchev–Trinajstić information content (AvgIpc) is 2.97. The van der Waals surface area contributed by atoms with E-state index in [0.29, 0.717) is 24.0 Å². The van der Waals surface area contributed by atoms with Gasteiger partial charge in [-0.05, 0) is 43.9 Å². The molecule has 1 aromatic heterocycles. The molecule has 0 aliphatic carbocycles. The zero-order valence-corrected chi connectivity index (χ0v) is 16.5. The number of hydrogen-bond acceptors (Lipinski definition) is 5. The van der Waals surface area contributed by atoms with Crippen LogP contribution in [0.4, 0.5) is 11.9 Å². The molecule has 1 unspecified atom stereocenters. The number of halogens is 3. The zero-order chi connectivity index (χ0) is 16.2. The van der Waals surface area contributed by atoms with Crippen molar-refractivity contribution in [3.05, 3.63) is 34.9 Å². The van der Waals surface area contributed by atoms with Crippen LogP contribution in [0.25, 0.3) is 0 Å². The van der Waals surface area contributed by atoms with Crippen LogP contribution in [0.2, 0.25) is 5.02 Å². The van der Waals surface area contributed by atoms with Gasteiger partial charge in [-0.1, -0.05) is 23.7 Å². The van der Waals surface area contributed by atoms with Crippen molar-refractivity contribution >= 4 is 48.3 Å². The topological polar surface area (TPSA) is 82.9 Å². The number of aromatic amines is 1. The van der Waals surface area contributed by atoms with Crippen LogP contribution in [0.3, 0.4) is 0 Å². The van der Waals surface area contributed by atoms with Gasteiger partial charge in [-0.2, -0.15) is 4.98 Å². The minimum atomic E-state index is 0. The van der Waals surface area contributed by atoms with Crippen LogP contribution in [-0.2, 0) is 6.42 Å². The molecular formula is C16H25Cl3N6. The maximum Gasteiger partial charge on any atom is 0.246 e. The van der Waals surface area contributed by atoms with E-state index in [9.17, 15) is 0 Å². The van der Waals surface area contributed by atoms with Crippen LogP contribution in [0.15, 0.2) is 24.3 Å². The zero-order valence-electron chi connectivity index (χ0n) is 14.1. The summed E-state index contributed by atoms with van der Waals surface area (Å²) >= 11 is 5.93. The molecule has 0 saturated carbocycles. The maximum atomic E-state index is 5.93. The van der Waals surface area contributed by atoms with Gasteiger partial charge in [-0.15, -0.1) is 29.9 Å². The van der Waals surface area contributed by atoms with Gasteiger partial charge < -0.3 is 16.0 Å². The molecule has 2 heterocycles. The number of nitrogens with two attached hydrogens (primary N) is 1. The predicted octanol–water partition coefficient (Wildman–Crippen LogP) is 3.07. The summed E-state index contributed by atoms with van der Waals surface area (Å²) in [7, 11) is 0. The highest BCUT2D eigenvalue weighted by atomic mass is 35.5. The molecule has 1 aromatic carbocycles. The molecule has 4 N–H and O–H groups in total. The number of nitrogens with zero attached hydrogens (tertiary/aromatic N) is 3. The van der Waals surface area contributed by atoms with Crippen molar-refractivity contribution in [2.45, 2.75) is 38.3 Å². The molecule has 1 saturated heterocycles. The Morgan fingerprint density at radius 2 is 1.92 bits per heavy atom. The first-order valence-electron chi connectivity index (χ1n) is 8.03. The fourth-order valence-corrected chi connectivity index (χ4v) is 3.21. The van der Waals surface area contributed by atoms with Gasteiger partial charge >= 0.3 is 0 Å². The first-order chi connectivity index (χ1) is 11.1. The normalized spacial score (nSPS) is 16.0. The molecule has 1 fully saturated rings. The third-order valence-corrected chi connectivity index (χ3v) is 4.50. The Kier molecular flexibility index (Phi) is 8.79. The third-order valence-electron chi connectivity index (χ3n) is 4.24. The van der Waals surface area contributed by atoms with Crippen LogP contribution in [0.5, 0.6) is 0 Å². The van der Waals surface area contributed by atoms with Crippen LogP contribution >= 0.6 is 36.4 Å². The van der Waals surface area contributed by atoms with Crippen molar-refractivity contribution in [2.24, 2.45) is 0 Å². The summed E-state index contributed by atoms with van der Waals surface area (Å²) in [6.07, 6.45) is 3.17. The number of nitrogens with one attached hydrogen (secondary N) is 2. The van der Waals surface area contributed by atoms with Crippen molar-refractivity contribution in [1.82, 2.24) is 20.5 Å². The van der Waals surface area contributed by atoms with E-state index in [4.69, 9.17) is 17.3 Å². The average molecular weight is 408 g/mol. The summed E-state index contributed by atoms with van der Waals surface area (Å²) in [6.45, 7) is 4.13. The number of hydrogen-bond donors (Lipinski definition) is 3. The molecule has 140 valence electrons. The van der Waals surface area contributed by atoms with Crippen molar-refractivity contribution in [3.63, 3.8) is 0 Å². The van der Waals surface area contributed by atoms with Crippen molar-refractivity contribution < 1.29 is 0 Å². The Morgan fingerprint density at radius 1 is 1.28 bits per heavy atom. The number of anilines is 2. The molecular weight excluding hydrogens is 383 g/mol. The fraction of sp³-hybridized carbons (Fsp3) is 0.500. The Bertz CT molecular complexity index is 625. The summed E-state index contributed by atoms with van der Waals surface area (Å²) in [5.74, 6) is 1.08. The van der Waals surface area contributed by atoms with Gasteiger partial charge in [0.15, 0.2) is 0 Å². The molecule has 1 atom stereocenters. The highest BCUT2D eigenvalue weighted by molar-refractivity contribution is 6.30. The number of rotatable bonds is 5. The van der Waals surface area contributed by atoms with E-state index in [1.54, 1.807) is 0 Å². The van der Waals surface area contributed by atoms with Gasteiger partial charge in [0.2, 0.25) is 11.9 Å². The van der Waals surface area contributed by atoms with E-state index in [1.165, 1.54) is 5.56 Å². The van der Waals surface area contributed by atoms with Gasteiger partial charge in [0.05, 0.1) is 0 Å². The molecule has 0 radical (unpaired) electrons. The number of nitrogen functional groups attached to an aromatic ring is 1. The lowest BCUT2D eigenvalue weighted by molar-refractivity contribution is 0.373. The van der Waals surface area contributed by atoms with E-state index >= 15 is 0 Å². The highest BCUT2D eigenvalue weighted by Gasteiger charge is 2.22. The van der Waals surface area contributed by atoms with Crippen molar-refractivity contribution in [2.75, 3.05) is 23.7 Å². The summed E-state index contributed by atoms with van der Waals surface area (Å²) in [5.41, 5.74) is 6.89. The molecule has 0 amide bonds. The molecule has 6 nitrogen and oxygen atoms in total. The van der Waals surface area contributed by atoms with E-state index in [-0.39, 0.29) is 24.8 Å². The molecule has 25 heavy (non-hydrogen) atoms. The molecule has 0 bridgehead atoms. The highest BCUT2D eigenvalue weighted by Crippen LogP contribution is 2.17. The maximum absolute atomic E-state index is 5.93. The van der Waals surface area contributed by atoms with Crippen molar-refractivity contribution in [3.8, 4) is 0 Å². The summed E-state index contributed by atoms with van der Waals surface area (Å²) in [4.78, 5) is 6.36. The number of piperidine rings is 1. The Morgan fingerprint density at radius 3 is 2.48 bits per heavy atom. The third kappa shape index (κ3) is 6.22. The second kappa shape index (κ2) is 10.1. The Balaban J connectivity index is 0.00000156. The van der Waals surface area contributed by atoms with Crippen LogP contribution in [0.1, 0.15) is 25.3 Å².